The number of rotatable bonds is 3. The molecule has 3 aromatic rings. The van der Waals surface area contributed by atoms with Crippen LogP contribution in [0, 0.1) is 11.3 Å². The summed E-state index contributed by atoms with van der Waals surface area (Å²) in [6.07, 6.45) is 2.01. The lowest BCUT2D eigenvalue weighted by Crippen LogP contribution is -1.98. The van der Waals surface area contributed by atoms with Gasteiger partial charge in [-0.2, -0.15) is 5.26 Å². The maximum absolute atomic E-state index is 8.80. The summed E-state index contributed by atoms with van der Waals surface area (Å²) in [5, 5.41) is 10.1. The van der Waals surface area contributed by atoms with Crippen LogP contribution >= 0.6 is 0 Å². The summed E-state index contributed by atoms with van der Waals surface area (Å²) in [4.78, 5) is 0. The zero-order valence-electron chi connectivity index (χ0n) is 11.5. The van der Waals surface area contributed by atoms with E-state index < -0.39 is 0 Å². The molecule has 0 N–H and O–H groups in total. The van der Waals surface area contributed by atoms with E-state index in [0.717, 1.165) is 18.4 Å². The van der Waals surface area contributed by atoms with Crippen molar-refractivity contribution >= 4 is 10.9 Å². The SMILES string of the molecule is Cn1c(CCc2ccc(C#N)cc2)cc2ccccc21. The molecule has 2 aromatic carbocycles. The van der Waals surface area contributed by atoms with Gasteiger partial charge in [-0.25, -0.2) is 0 Å². The molecule has 0 spiro atoms. The van der Waals surface area contributed by atoms with Gasteiger partial charge in [0.1, 0.15) is 0 Å². The summed E-state index contributed by atoms with van der Waals surface area (Å²) < 4.78 is 2.26. The monoisotopic (exact) mass is 260 g/mol. The second kappa shape index (κ2) is 5.22. The maximum atomic E-state index is 8.80. The molecule has 20 heavy (non-hydrogen) atoms. The summed E-state index contributed by atoms with van der Waals surface area (Å²) in [7, 11) is 2.12. The molecule has 0 radical (unpaired) electrons. The molecule has 1 aromatic heterocycles. The van der Waals surface area contributed by atoms with Crippen LogP contribution in [-0.4, -0.2) is 4.57 Å². The van der Waals surface area contributed by atoms with Crippen LogP contribution in [-0.2, 0) is 19.9 Å². The summed E-state index contributed by atoms with van der Waals surface area (Å²) in [6.45, 7) is 0. The lowest BCUT2D eigenvalue weighted by molar-refractivity contribution is 0.820. The van der Waals surface area contributed by atoms with E-state index in [4.69, 9.17) is 5.26 Å². The molecule has 0 fully saturated rings. The number of aromatic nitrogens is 1. The third kappa shape index (κ3) is 2.31. The normalized spacial score (nSPS) is 10.6. The minimum absolute atomic E-state index is 0.721. The lowest BCUT2D eigenvalue weighted by atomic mass is 10.1. The van der Waals surface area contributed by atoms with Crippen LogP contribution in [0.2, 0.25) is 0 Å². The van der Waals surface area contributed by atoms with Crippen molar-refractivity contribution in [3.05, 3.63) is 71.4 Å². The zero-order chi connectivity index (χ0) is 13.9. The number of nitriles is 1. The first-order valence-electron chi connectivity index (χ1n) is 6.80. The Kier molecular flexibility index (Phi) is 3.26. The predicted octanol–water partition coefficient (Wildman–Crippen LogP) is 3.84. The van der Waals surface area contributed by atoms with Gasteiger partial charge in [0.25, 0.3) is 0 Å². The van der Waals surface area contributed by atoms with E-state index in [9.17, 15) is 0 Å². The Morgan fingerprint density at radius 2 is 1.75 bits per heavy atom. The Morgan fingerprint density at radius 1 is 1.00 bits per heavy atom. The third-order valence-electron chi connectivity index (χ3n) is 3.80. The molecule has 1 heterocycles. The molecule has 2 nitrogen and oxygen atoms in total. The van der Waals surface area contributed by atoms with Crippen molar-refractivity contribution in [1.29, 1.82) is 5.26 Å². The van der Waals surface area contributed by atoms with Crippen molar-refractivity contribution in [2.24, 2.45) is 7.05 Å². The van der Waals surface area contributed by atoms with Crippen LogP contribution in [0.1, 0.15) is 16.8 Å². The highest BCUT2D eigenvalue weighted by molar-refractivity contribution is 5.81. The molecule has 0 amide bonds. The van der Waals surface area contributed by atoms with Gasteiger partial charge in [0.15, 0.2) is 0 Å². The molecule has 3 rings (SSSR count). The van der Waals surface area contributed by atoms with Gasteiger partial charge in [-0.1, -0.05) is 30.3 Å². The van der Waals surface area contributed by atoms with Gasteiger partial charge in [-0.15, -0.1) is 0 Å². The first kappa shape index (κ1) is 12.5. The molecule has 0 saturated heterocycles. The Labute approximate surface area is 118 Å². The Bertz CT molecular complexity index is 773. The smallest absolute Gasteiger partial charge is 0.0991 e. The van der Waals surface area contributed by atoms with Crippen LogP contribution < -0.4 is 0 Å². The second-order valence-electron chi connectivity index (χ2n) is 5.06. The minimum atomic E-state index is 0.721. The molecule has 0 aliphatic heterocycles. The van der Waals surface area contributed by atoms with E-state index in [-0.39, 0.29) is 0 Å². The fourth-order valence-corrected chi connectivity index (χ4v) is 2.60. The number of benzene rings is 2. The predicted molar refractivity (Wildman–Crippen MR) is 81.5 cm³/mol. The summed E-state index contributed by atoms with van der Waals surface area (Å²) in [5.41, 5.74) is 4.62. The number of hydrogen-bond acceptors (Lipinski definition) is 1. The molecule has 0 aliphatic rings. The third-order valence-corrected chi connectivity index (χ3v) is 3.80. The van der Waals surface area contributed by atoms with Crippen LogP contribution in [0.15, 0.2) is 54.6 Å². The quantitative estimate of drug-likeness (QED) is 0.703. The minimum Gasteiger partial charge on any atom is -0.348 e. The zero-order valence-corrected chi connectivity index (χ0v) is 11.5. The van der Waals surface area contributed by atoms with Crippen LogP contribution in [0.4, 0.5) is 0 Å². The fraction of sp³-hybridized carbons (Fsp3) is 0.167. The van der Waals surface area contributed by atoms with Gasteiger partial charge in [-0.05, 0) is 48.1 Å². The Morgan fingerprint density at radius 3 is 2.45 bits per heavy atom. The number of aryl methyl sites for hydroxylation is 3. The highest BCUT2D eigenvalue weighted by Crippen LogP contribution is 2.19. The van der Waals surface area contributed by atoms with Crippen molar-refractivity contribution in [3.63, 3.8) is 0 Å². The van der Waals surface area contributed by atoms with E-state index in [0.29, 0.717) is 0 Å². The number of fused-ring (bicyclic) bond motifs is 1. The summed E-state index contributed by atoms with van der Waals surface area (Å²) >= 11 is 0. The summed E-state index contributed by atoms with van der Waals surface area (Å²) in [5.74, 6) is 0. The lowest BCUT2D eigenvalue weighted by Gasteiger charge is -2.04. The molecule has 98 valence electrons. The number of nitrogens with zero attached hydrogens (tertiary/aromatic N) is 2. The van der Waals surface area contributed by atoms with Gasteiger partial charge in [0.2, 0.25) is 0 Å². The van der Waals surface area contributed by atoms with Crippen molar-refractivity contribution < 1.29 is 0 Å². The average Bonchev–Trinajstić information content (AvgIpc) is 2.83. The molecule has 0 bridgehead atoms. The van der Waals surface area contributed by atoms with Gasteiger partial charge >= 0.3 is 0 Å². The van der Waals surface area contributed by atoms with E-state index in [1.54, 1.807) is 0 Å². The first-order chi connectivity index (χ1) is 9.78. The molecule has 2 heteroatoms. The van der Waals surface area contributed by atoms with Gasteiger partial charge in [0.05, 0.1) is 11.6 Å². The largest absolute Gasteiger partial charge is 0.348 e. The molecule has 0 saturated carbocycles. The van der Waals surface area contributed by atoms with E-state index in [1.165, 1.54) is 22.2 Å². The first-order valence-corrected chi connectivity index (χ1v) is 6.80. The molecule has 0 aliphatic carbocycles. The topological polar surface area (TPSA) is 28.7 Å². The number of para-hydroxylation sites is 1. The highest BCUT2D eigenvalue weighted by atomic mass is 14.9. The van der Waals surface area contributed by atoms with Crippen molar-refractivity contribution in [1.82, 2.24) is 4.57 Å². The van der Waals surface area contributed by atoms with Crippen molar-refractivity contribution in [2.75, 3.05) is 0 Å². The van der Waals surface area contributed by atoms with Gasteiger partial charge < -0.3 is 4.57 Å². The number of hydrogen-bond donors (Lipinski definition) is 0. The van der Waals surface area contributed by atoms with Crippen LogP contribution in [0.5, 0.6) is 0 Å². The van der Waals surface area contributed by atoms with E-state index in [2.05, 4.69) is 48.0 Å². The van der Waals surface area contributed by atoms with Crippen LogP contribution in [0.25, 0.3) is 10.9 Å². The van der Waals surface area contributed by atoms with Crippen molar-refractivity contribution in [3.8, 4) is 6.07 Å². The Balaban J connectivity index is 1.79. The molecule has 0 unspecified atom stereocenters. The van der Waals surface area contributed by atoms with Gasteiger partial charge in [0, 0.05) is 18.3 Å². The van der Waals surface area contributed by atoms with E-state index >= 15 is 0 Å². The average molecular weight is 260 g/mol. The molecule has 0 atom stereocenters. The molecular formula is C18H16N2. The molecular weight excluding hydrogens is 244 g/mol. The standard InChI is InChI=1S/C18H16N2/c1-20-17(12-16-4-2-3-5-18(16)20)11-10-14-6-8-15(13-19)9-7-14/h2-9,12H,10-11H2,1H3. The fourth-order valence-electron chi connectivity index (χ4n) is 2.60. The second-order valence-corrected chi connectivity index (χ2v) is 5.06. The Hall–Kier alpha value is -2.53. The maximum Gasteiger partial charge on any atom is 0.0991 e. The highest BCUT2D eigenvalue weighted by Gasteiger charge is 2.05. The van der Waals surface area contributed by atoms with Crippen LogP contribution in [0.3, 0.4) is 0 Å². The van der Waals surface area contributed by atoms with Gasteiger partial charge in [-0.3, -0.25) is 0 Å². The summed E-state index contributed by atoms with van der Waals surface area (Å²) in [6, 6.07) is 20.7. The van der Waals surface area contributed by atoms with E-state index in [1.807, 2.05) is 24.3 Å². The van der Waals surface area contributed by atoms with Crippen molar-refractivity contribution in [2.45, 2.75) is 12.8 Å².